The number of aryl methyl sites for hydroxylation is 1. The van der Waals surface area contributed by atoms with Crippen LogP contribution in [0.25, 0.3) is 10.9 Å². The number of amides is 1. The smallest absolute Gasteiger partial charge is 0.293 e. The fourth-order valence-corrected chi connectivity index (χ4v) is 6.03. The normalized spacial score (nSPS) is 15.5. The molecule has 0 radical (unpaired) electrons. The van der Waals surface area contributed by atoms with E-state index in [-0.39, 0.29) is 26.4 Å². The average Bonchev–Trinajstić information content (AvgIpc) is 2.83. The minimum atomic E-state index is -3.70. The maximum Gasteiger partial charge on any atom is 0.293 e. The van der Waals surface area contributed by atoms with Crippen molar-refractivity contribution in [2.45, 2.75) is 17.7 Å². The maximum atomic E-state index is 12.9. The predicted molar refractivity (Wildman–Crippen MR) is 131 cm³/mol. The molecule has 8 nitrogen and oxygen atoms in total. The van der Waals surface area contributed by atoms with E-state index in [4.69, 9.17) is 23.2 Å². The second-order valence-electron chi connectivity index (χ2n) is 8.24. The van der Waals surface area contributed by atoms with Crippen molar-refractivity contribution in [1.82, 2.24) is 14.2 Å². The number of hydrogen-bond acceptors (Lipinski definition) is 5. The molecule has 3 aromatic rings. The number of piperidine rings is 1. The van der Waals surface area contributed by atoms with Crippen LogP contribution < -0.4 is 10.9 Å². The zero-order valence-corrected chi connectivity index (χ0v) is 20.6. The number of aromatic hydroxyl groups is 1. The number of aromatic nitrogens is 1. The molecular formula is C23H23Cl2N3O5S. The summed E-state index contributed by atoms with van der Waals surface area (Å²) in [5, 5.41) is 14.1. The van der Waals surface area contributed by atoms with Crippen molar-refractivity contribution in [2.75, 3.05) is 19.6 Å². The first kappa shape index (κ1) is 24.5. The molecule has 1 aromatic heterocycles. The molecule has 34 heavy (non-hydrogen) atoms. The number of fused-ring (bicyclic) bond motifs is 1. The molecule has 1 aliphatic heterocycles. The third kappa shape index (κ3) is 4.53. The number of hydrogen-bond donors (Lipinski definition) is 2. The van der Waals surface area contributed by atoms with Crippen LogP contribution in [0.1, 0.15) is 23.2 Å². The van der Waals surface area contributed by atoms with Gasteiger partial charge in [-0.2, -0.15) is 4.31 Å². The quantitative estimate of drug-likeness (QED) is 0.532. The predicted octanol–water partition coefficient (Wildman–Crippen LogP) is 3.38. The first-order valence-electron chi connectivity index (χ1n) is 10.7. The summed E-state index contributed by atoms with van der Waals surface area (Å²) in [6, 6.07) is 11.1. The van der Waals surface area contributed by atoms with Gasteiger partial charge >= 0.3 is 0 Å². The Morgan fingerprint density at radius 1 is 1.12 bits per heavy atom. The summed E-state index contributed by atoms with van der Waals surface area (Å²) in [6.07, 6.45) is 1.09. The summed E-state index contributed by atoms with van der Waals surface area (Å²) in [7, 11) is -2.17. The van der Waals surface area contributed by atoms with E-state index in [1.54, 1.807) is 24.3 Å². The number of halogens is 2. The van der Waals surface area contributed by atoms with Gasteiger partial charge in [0, 0.05) is 32.1 Å². The third-order valence-corrected chi connectivity index (χ3v) is 8.79. The lowest BCUT2D eigenvalue weighted by atomic mass is 9.98. The molecule has 2 aromatic carbocycles. The van der Waals surface area contributed by atoms with Crippen LogP contribution in [-0.4, -0.2) is 47.9 Å². The molecule has 1 fully saturated rings. The average molecular weight is 524 g/mol. The van der Waals surface area contributed by atoms with Gasteiger partial charge in [-0.15, -0.1) is 0 Å². The lowest BCUT2D eigenvalue weighted by molar-refractivity contribution is 0.0940. The topological polar surface area (TPSA) is 109 Å². The Morgan fingerprint density at radius 3 is 2.47 bits per heavy atom. The lowest BCUT2D eigenvalue weighted by Gasteiger charge is -2.31. The summed E-state index contributed by atoms with van der Waals surface area (Å²) < 4.78 is 28.5. The number of carbonyl (C=O) groups is 1. The van der Waals surface area contributed by atoms with Gasteiger partial charge in [0.2, 0.25) is 10.0 Å². The molecule has 0 spiro atoms. The number of sulfonamides is 1. The number of rotatable bonds is 5. The Bertz CT molecular complexity index is 1430. The Balaban J connectivity index is 1.43. The standard InChI is InChI=1S/C23H23Cl2N3O5S/c1-27-19-5-3-2-4-16(19)20(21(29)23(27)31)22(30)26-13-14-8-10-28(11-9-14)34(32,33)15-6-7-17(24)18(25)12-15/h2-7,12,14,29H,8-11,13H2,1H3,(H,26,30). The van der Waals surface area contributed by atoms with E-state index in [9.17, 15) is 23.1 Å². The van der Waals surface area contributed by atoms with E-state index < -0.39 is 27.2 Å². The maximum absolute atomic E-state index is 12.9. The molecule has 1 amide bonds. The minimum absolute atomic E-state index is 0.0455. The van der Waals surface area contributed by atoms with Crippen LogP contribution in [0.5, 0.6) is 5.75 Å². The van der Waals surface area contributed by atoms with Crippen LogP contribution in [0.4, 0.5) is 0 Å². The monoisotopic (exact) mass is 523 g/mol. The van der Waals surface area contributed by atoms with Gasteiger partial charge in [-0.1, -0.05) is 41.4 Å². The molecule has 180 valence electrons. The fraction of sp³-hybridized carbons (Fsp3) is 0.304. The molecule has 0 saturated carbocycles. The molecule has 0 atom stereocenters. The van der Waals surface area contributed by atoms with E-state index in [0.29, 0.717) is 43.4 Å². The Morgan fingerprint density at radius 2 is 1.79 bits per heavy atom. The van der Waals surface area contributed by atoms with Crippen molar-refractivity contribution in [3.63, 3.8) is 0 Å². The van der Waals surface area contributed by atoms with E-state index in [2.05, 4.69) is 5.32 Å². The molecule has 2 N–H and O–H groups in total. The first-order chi connectivity index (χ1) is 16.1. The number of benzene rings is 2. The van der Waals surface area contributed by atoms with E-state index in [1.807, 2.05) is 0 Å². The van der Waals surface area contributed by atoms with Gasteiger partial charge in [-0.25, -0.2) is 8.42 Å². The minimum Gasteiger partial charge on any atom is -0.502 e. The Kier molecular flexibility index (Phi) is 6.91. The highest BCUT2D eigenvalue weighted by atomic mass is 35.5. The highest BCUT2D eigenvalue weighted by Gasteiger charge is 2.30. The molecule has 0 bridgehead atoms. The van der Waals surface area contributed by atoms with Crippen LogP contribution in [0.3, 0.4) is 0 Å². The second kappa shape index (κ2) is 9.58. The summed E-state index contributed by atoms with van der Waals surface area (Å²) in [5.41, 5.74) is -0.167. The third-order valence-electron chi connectivity index (χ3n) is 6.16. The highest BCUT2D eigenvalue weighted by Crippen LogP contribution is 2.29. The van der Waals surface area contributed by atoms with Gasteiger partial charge in [-0.3, -0.25) is 9.59 Å². The summed E-state index contributed by atoms with van der Waals surface area (Å²) >= 11 is 11.9. The molecule has 1 saturated heterocycles. The van der Waals surface area contributed by atoms with Gasteiger partial charge in [0.1, 0.15) is 0 Å². The van der Waals surface area contributed by atoms with Crippen LogP contribution in [-0.2, 0) is 17.1 Å². The fourth-order valence-electron chi connectivity index (χ4n) is 4.18. The lowest BCUT2D eigenvalue weighted by Crippen LogP contribution is -2.41. The van der Waals surface area contributed by atoms with E-state index in [0.717, 1.165) is 0 Å². The molecular weight excluding hydrogens is 501 g/mol. The first-order valence-corrected chi connectivity index (χ1v) is 12.8. The van der Waals surface area contributed by atoms with Crippen molar-refractivity contribution in [2.24, 2.45) is 13.0 Å². The van der Waals surface area contributed by atoms with Crippen LogP contribution in [0.15, 0.2) is 52.2 Å². The molecule has 2 heterocycles. The molecule has 11 heteroatoms. The zero-order valence-electron chi connectivity index (χ0n) is 18.3. The Labute approximate surface area is 206 Å². The van der Waals surface area contributed by atoms with Crippen molar-refractivity contribution >= 4 is 50.0 Å². The molecule has 0 unspecified atom stereocenters. The SMILES string of the molecule is Cn1c(=O)c(O)c(C(=O)NCC2CCN(S(=O)(=O)c3ccc(Cl)c(Cl)c3)CC2)c2ccccc21. The van der Waals surface area contributed by atoms with Gasteiger partial charge in [-0.05, 0) is 43.0 Å². The zero-order chi connectivity index (χ0) is 24.6. The Hall–Kier alpha value is -2.59. The van der Waals surface area contributed by atoms with Gasteiger partial charge in [0.25, 0.3) is 11.5 Å². The number of nitrogens with one attached hydrogen (secondary N) is 1. The van der Waals surface area contributed by atoms with Crippen LogP contribution in [0, 0.1) is 5.92 Å². The summed E-state index contributed by atoms with van der Waals surface area (Å²) in [4.78, 5) is 25.3. The van der Waals surface area contributed by atoms with Crippen molar-refractivity contribution in [3.8, 4) is 5.75 Å². The van der Waals surface area contributed by atoms with Crippen molar-refractivity contribution in [1.29, 1.82) is 0 Å². The van der Waals surface area contributed by atoms with Crippen LogP contribution in [0.2, 0.25) is 10.0 Å². The summed E-state index contributed by atoms with van der Waals surface area (Å²) in [5.74, 6) is -1.09. The number of nitrogens with zero attached hydrogens (tertiary/aromatic N) is 2. The van der Waals surface area contributed by atoms with Crippen molar-refractivity contribution < 1.29 is 18.3 Å². The van der Waals surface area contributed by atoms with Crippen molar-refractivity contribution in [3.05, 3.63) is 68.4 Å². The van der Waals surface area contributed by atoms with Crippen LogP contribution >= 0.6 is 23.2 Å². The highest BCUT2D eigenvalue weighted by molar-refractivity contribution is 7.89. The molecule has 1 aliphatic rings. The second-order valence-corrected chi connectivity index (χ2v) is 11.0. The van der Waals surface area contributed by atoms with E-state index >= 15 is 0 Å². The number of para-hydroxylation sites is 1. The van der Waals surface area contributed by atoms with E-state index in [1.165, 1.54) is 34.1 Å². The number of pyridine rings is 1. The van der Waals surface area contributed by atoms with Gasteiger partial charge in [0.05, 0.1) is 26.0 Å². The summed E-state index contributed by atoms with van der Waals surface area (Å²) in [6.45, 7) is 0.884. The van der Waals surface area contributed by atoms with Gasteiger partial charge < -0.3 is 15.0 Å². The largest absolute Gasteiger partial charge is 0.502 e. The molecule has 4 rings (SSSR count). The molecule has 0 aliphatic carbocycles. The van der Waals surface area contributed by atoms with Gasteiger partial charge in [0.15, 0.2) is 5.75 Å². The number of carbonyl (C=O) groups excluding carboxylic acids is 1.